The number of nitrogens with one attached hydrogen (secondary N) is 1. The zero-order valence-electron chi connectivity index (χ0n) is 17.5. The maximum atomic E-state index is 12.7. The van der Waals surface area contributed by atoms with Gasteiger partial charge in [-0.05, 0) is 49.4 Å². The van der Waals surface area contributed by atoms with E-state index in [2.05, 4.69) is 36.3 Å². The second kappa shape index (κ2) is 10.5. The van der Waals surface area contributed by atoms with Gasteiger partial charge < -0.3 is 15.1 Å². The van der Waals surface area contributed by atoms with Crippen LogP contribution in [0.1, 0.15) is 15.4 Å². The Hall–Kier alpha value is -2.43. The van der Waals surface area contributed by atoms with Crippen LogP contribution in [0.3, 0.4) is 0 Å². The van der Waals surface area contributed by atoms with Crippen molar-refractivity contribution >= 4 is 62.2 Å². The summed E-state index contributed by atoms with van der Waals surface area (Å²) in [7, 11) is 0. The van der Waals surface area contributed by atoms with Crippen molar-refractivity contribution in [3.05, 3.63) is 63.6 Å². The van der Waals surface area contributed by atoms with Crippen molar-refractivity contribution in [1.29, 1.82) is 0 Å². The number of rotatable bonds is 6. The Morgan fingerprint density at radius 2 is 1.84 bits per heavy atom. The standard InChI is InChI=1S/C22H22BrN5O2S2/c1-15-25-26-22(32-15)31-14-20(29)24-18-5-7-19(8-6-18)27-9-11-28(12-10-27)21(30)16-3-2-4-17(23)13-16/h2-8,13H,9-12,14H2,1H3,(H,24,29). The molecule has 1 saturated heterocycles. The predicted molar refractivity (Wildman–Crippen MR) is 133 cm³/mol. The summed E-state index contributed by atoms with van der Waals surface area (Å²) < 4.78 is 1.70. The molecule has 0 unspecified atom stereocenters. The van der Waals surface area contributed by atoms with Gasteiger partial charge >= 0.3 is 0 Å². The highest BCUT2D eigenvalue weighted by Crippen LogP contribution is 2.23. The highest BCUT2D eigenvalue weighted by atomic mass is 79.9. The fourth-order valence-electron chi connectivity index (χ4n) is 3.39. The van der Waals surface area contributed by atoms with Crippen LogP contribution in [-0.2, 0) is 4.79 Å². The molecule has 4 rings (SSSR count). The molecule has 1 N–H and O–H groups in total. The second-order valence-corrected chi connectivity index (χ2v) is 10.6. The Morgan fingerprint density at radius 1 is 1.09 bits per heavy atom. The molecular formula is C22H22BrN5O2S2. The van der Waals surface area contributed by atoms with Crippen LogP contribution in [0.4, 0.5) is 11.4 Å². The van der Waals surface area contributed by atoms with Gasteiger partial charge in [-0.2, -0.15) is 0 Å². The monoisotopic (exact) mass is 531 g/mol. The van der Waals surface area contributed by atoms with Crippen LogP contribution in [-0.4, -0.2) is 58.8 Å². The third kappa shape index (κ3) is 5.87. The fourth-order valence-corrected chi connectivity index (χ4v) is 5.40. The molecule has 2 amide bonds. The third-order valence-corrected chi connectivity index (χ3v) is 7.45. The first-order valence-corrected chi connectivity index (χ1v) is 12.7. The number of thioether (sulfide) groups is 1. The van der Waals surface area contributed by atoms with Crippen LogP contribution in [0.2, 0.25) is 0 Å². The van der Waals surface area contributed by atoms with Crippen molar-refractivity contribution < 1.29 is 9.59 Å². The summed E-state index contributed by atoms with van der Waals surface area (Å²) >= 11 is 6.29. The summed E-state index contributed by atoms with van der Waals surface area (Å²) in [5, 5.41) is 11.8. The quantitative estimate of drug-likeness (QED) is 0.477. The minimum atomic E-state index is -0.0738. The van der Waals surface area contributed by atoms with Crippen molar-refractivity contribution in [3.8, 4) is 0 Å². The van der Waals surface area contributed by atoms with Crippen molar-refractivity contribution in [3.63, 3.8) is 0 Å². The van der Waals surface area contributed by atoms with E-state index in [9.17, 15) is 9.59 Å². The van der Waals surface area contributed by atoms with Crippen LogP contribution in [0.25, 0.3) is 0 Å². The number of carbonyl (C=O) groups is 2. The highest BCUT2D eigenvalue weighted by molar-refractivity contribution is 9.10. The SMILES string of the molecule is Cc1nnc(SCC(=O)Nc2ccc(N3CCN(C(=O)c4cccc(Br)c4)CC3)cc2)s1. The largest absolute Gasteiger partial charge is 0.368 e. The first-order valence-electron chi connectivity index (χ1n) is 10.1. The smallest absolute Gasteiger partial charge is 0.254 e. The molecule has 2 heterocycles. The summed E-state index contributed by atoms with van der Waals surface area (Å²) in [4.78, 5) is 29.1. The normalized spacial score (nSPS) is 13.8. The predicted octanol–water partition coefficient (Wildman–Crippen LogP) is 4.30. The molecule has 1 aliphatic rings. The van der Waals surface area contributed by atoms with E-state index in [0.717, 1.165) is 38.3 Å². The Kier molecular flexibility index (Phi) is 7.44. The van der Waals surface area contributed by atoms with E-state index in [1.54, 1.807) is 0 Å². The molecule has 0 aliphatic carbocycles. The van der Waals surface area contributed by atoms with Crippen LogP contribution in [0.5, 0.6) is 0 Å². The van der Waals surface area contributed by atoms with Crippen LogP contribution >= 0.6 is 39.0 Å². The van der Waals surface area contributed by atoms with Gasteiger partial charge in [0.15, 0.2) is 4.34 Å². The minimum Gasteiger partial charge on any atom is -0.368 e. The number of hydrogen-bond donors (Lipinski definition) is 1. The summed E-state index contributed by atoms with van der Waals surface area (Å²) in [6.45, 7) is 4.77. The summed E-state index contributed by atoms with van der Waals surface area (Å²) in [6.07, 6.45) is 0. The summed E-state index contributed by atoms with van der Waals surface area (Å²) in [5.41, 5.74) is 2.54. The summed E-state index contributed by atoms with van der Waals surface area (Å²) in [6, 6.07) is 15.3. The van der Waals surface area contributed by atoms with Crippen molar-refractivity contribution in [2.75, 3.05) is 42.1 Å². The third-order valence-electron chi connectivity index (χ3n) is 4.99. The number of amides is 2. The number of halogens is 1. The van der Waals surface area contributed by atoms with E-state index in [-0.39, 0.29) is 11.8 Å². The van der Waals surface area contributed by atoms with Crippen LogP contribution < -0.4 is 10.2 Å². The molecule has 0 spiro atoms. The Balaban J connectivity index is 1.26. The molecule has 2 aromatic carbocycles. The van der Waals surface area contributed by atoms with Gasteiger partial charge in [0, 0.05) is 47.6 Å². The molecule has 166 valence electrons. The zero-order chi connectivity index (χ0) is 22.5. The maximum absolute atomic E-state index is 12.7. The molecule has 3 aromatic rings. The van der Waals surface area contributed by atoms with Gasteiger partial charge in [0.2, 0.25) is 5.91 Å². The van der Waals surface area contributed by atoms with Gasteiger partial charge in [-0.3, -0.25) is 9.59 Å². The lowest BCUT2D eigenvalue weighted by molar-refractivity contribution is -0.113. The Morgan fingerprint density at radius 3 is 2.50 bits per heavy atom. The average molecular weight is 532 g/mol. The van der Waals surface area contributed by atoms with Gasteiger partial charge in [0.25, 0.3) is 5.91 Å². The van der Waals surface area contributed by atoms with Gasteiger partial charge in [0.05, 0.1) is 5.75 Å². The molecular weight excluding hydrogens is 510 g/mol. The molecule has 32 heavy (non-hydrogen) atoms. The lowest BCUT2D eigenvalue weighted by atomic mass is 10.1. The first-order chi connectivity index (χ1) is 15.5. The lowest BCUT2D eigenvalue weighted by Crippen LogP contribution is -2.48. The van der Waals surface area contributed by atoms with E-state index in [1.807, 2.05) is 60.4 Å². The number of piperazine rings is 1. The zero-order valence-corrected chi connectivity index (χ0v) is 20.7. The van der Waals surface area contributed by atoms with Gasteiger partial charge in [0.1, 0.15) is 5.01 Å². The van der Waals surface area contributed by atoms with E-state index < -0.39 is 0 Å². The number of nitrogens with zero attached hydrogens (tertiary/aromatic N) is 4. The minimum absolute atomic E-state index is 0.0607. The van der Waals surface area contributed by atoms with Crippen molar-refractivity contribution in [2.24, 2.45) is 0 Å². The van der Waals surface area contributed by atoms with Crippen molar-refractivity contribution in [1.82, 2.24) is 15.1 Å². The van der Waals surface area contributed by atoms with Crippen LogP contribution in [0.15, 0.2) is 57.3 Å². The molecule has 1 aliphatic heterocycles. The van der Waals surface area contributed by atoms with E-state index in [1.165, 1.54) is 23.1 Å². The van der Waals surface area contributed by atoms with E-state index >= 15 is 0 Å². The van der Waals surface area contributed by atoms with Crippen LogP contribution in [0, 0.1) is 6.92 Å². The average Bonchev–Trinajstić information content (AvgIpc) is 3.23. The lowest BCUT2D eigenvalue weighted by Gasteiger charge is -2.36. The number of hydrogen-bond acceptors (Lipinski definition) is 7. The number of anilines is 2. The number of benzene rings is 2. The molecule has 10 heteroatoms. The molecule has 0 radical (unpaired) electrons. The molecule has 1 aromatic heterocycles. The Bertz CT molecular complexity index is 1100. The van der Waals surface area contributed by atoms with E-state index in [0.29, 0.717) is 24.4 Å². The maximum Gasteiger partial charge on any atom is 0.254 e. The Labute approximate surface area is 203 Å². The first kappa shape index (κ1) is 22.8. The van der Waals surface area contributed by atoms with Gasteiger partial charge in [-0.15, -0.1) is 10.2 Å². The van der Waals surface area contributed by atoms with Gasteiger partial charge in [-0.1, -0.05) is 45.1 Å². The molecule has 0 bridgehead atoms. The molecule has 0 saturated carbocycles. The molecule has 0 atom stereocenters. The second-order valence-electron chi connectivity index (χ2n) is 7.26. The van der Waals surface area contributed by atoms with E-state index in [4.69, 9.17) is 0 Å². The topological polar surface area (TPSA) is 78.4 Å². The number of aromatic nitrogens is 2. The van der Waals surface area contributed by atoms with Crippen molar-refractivity contribution in [2.45, 2.75) is 11.3 Å². The molecule has 7 nitrogen and oxygen atoms in total. The summed E-state index contributed by atoms with van der Waals surface area (Å²) in [5.74, 6) is 0.283. The molecule has 1 fully saturated rings. The fraction of sp³-hybridized carbons (Fsp3) is 0.273. The van der Waals surface area contributed by atoms with Gasteiger partial charge in [-0.25, -0.2) is 0 Å². The number of aryl methyl sites for hydroxylation is 1. The highest BCUT2D eigenvalue weighted by Gasteiger charge is 2.22. The number of carbonyl (C=O) groups excluding carboxylic acids is 2.